The normalized spacial score (nSPS) is 16.3. The number of carbonyl (C=O) groups excluding carboxylic acids is 1. The van der Waals surface area contributed by atoms with E-state index in [2.05, 4.69) is 15.2 Å². The first-order chi connectivity index (χ1) is 20.7. The van der Waals surface area contributed by atoms with Crippen molar-refractivity contribution >= 4 is 34.9 Å². The highest BCUT2D eigenvalue weighted by Gasteiger charge is 2.23. The number of nitrogens with zero attached hydrogens (tertiary/aromatic N) is 3. The lowest BCUT2D eigenvalue weighted by Gasteiger charge is -2.35. The fourth-order valence-electron chi connectivity index (χ4n) is 5.37. The first-order valence-electron chi connectivity index (χ1n) is 14.1. The second-order valence-corrected chi connectivity index (χ2v) is 10.7. The molecule has 2 fully saturated rings. The summed E-state index contributed by atoms with van der Waals surface area (Å²) in [6.07, 6.45) is 0.842. The summed E-state index contributed by atoms with van der Waals surface area (Å²) in [4.78, 5) is 32.5. The first-order valence-corrected chi connectivity index (χ1v) is 14.1. The van der Waals surface area contributed by atoms with Gasteiger partial charge in [0.25, 0.3) is 5.91 Å². The van der Waals surface area contributed by atoms with E-state index >= 15 is 0 Å². The Bertz CT molecular complexity index is 1510. The van der Waals surface area contributed by atoms with Crippen molar-refractivity contribution < 1.29 is 28.2 Å². The van der Waals surface area contributed by atoms with Gasteiger partial charge in [-0.1, -0.05) is 6.07 Å². The predicted molar refractivity (Wildman–Crippen MR) is 161 cm³/mol. The summed E-state index contributed by atoms with van der Waals surface area (Å²) in [7, 11) is 0. The molecule has 2 heterocycles. The van der Waals surface area contributed by atoms with Crippen LogP contribution in [0.3, 0.4) is 0 Å². The molecule has 0 aromatic heterocycles. The molecule has 0 spiro atoms. The fraction of sp³-hybridized carbons (Fsp3) is 0.323. The van der Waals surface area contributed by atoms with Crippen LogP contribution in [0.2, 0.25) is 0 Å². The lowest BCUT2D eigenvalue weighted by molar-refractivity contribution is 0.0904. The van der Waals surface area contributed by atoms with E-state index < -0.39 is 23.6 Å². The molecule has 0 bridgehead atoms. The van der Waals surface area contributed by atoms with Crippen LogP contribution < -0.4 is 21.7 Å². The summed E-state index contributed by atoms with van der Waals surface area (Å²) in [6.45, 7) is 3.04. The number of hydrogen-bond donors (Lipinski definition) is 4. The third-order valence-electron chi connectivity index (χ3n) is 7.68. The number of nitrogen functional groups attached to an aromatic ring is 1. The Hall–Kier alpha value is -4.71. The molecule has 5 rings (SSSR count). The van der Waals surface area contributed by atoms with Crippen LogP contribution in [-0.4, -0.2) is 73.3 Å². The van der Waals surface area contributed by atoms with Crippen molar-refractivity contribution in [1.82, 2.24) is 4.90 Å². The van der Waals surface area contributed by atoms with Gasteiger partial charge in [-0.3, -0.25) is 4.79 Å². The Balaban J connectivity index is 1.40. The number of rotatable bonds is 7. The largest absolute Gasteiger partial charge is 0.465 e. The van der Waals surface area contributed by atoms with Crippen molar-refractivity contribution in [2.75, 3.05) is 55.3 Å². The number of benzene rings is 3. The number of nitrogens with one attached hydrogen (secondary N) is 1. The van der Waals surface area contributed by atoms with Crippen LogP contribution in [0.15, 0.2) is 59.6 Å². The fourth-order valence-corrected chi connectivity index (χ4v) is 5.37. The molecule has 2 aliphatic rings. The van der Waals surface area contributed by atoms with Gasteiger partial charge in [-0.15, -0.1) is 0 Å². The number of amidine groups is 1. The molecule has 10 nitrogen and oxygen atoms in total. The summed E-state index contributed by atoms with van der Waals surface area (Å²) in [5.41, 5.74) is 16.0. The Morgan fingerprint density at radius 2 is 1.63 bits per heavy atom. The van der Waals surface area contributed by atoms with Gasteiger partial charge >= 0.3 is 6.09 Å². The molecule has 2 amide bonds. The number of halogens is 2. The zero-order chi connectivity index (χ0) is 30.5. The topological polar surface area (TPSA) is 147 Å². The minimum Gasteiger partial charge on any atom is -0.465 e. The standard InChI is InChI=1S/C31H34F2N6O4/c32-21-14-20(15-22(33)17-21)13-19-1-4-27(34)26(16-19)29(35)37-30(40)25-3-2-24(38-7-9-39(10-8-38)31(41)42)18-28(25)36-23-5-11-43-12-6-23/h1-4,14-18,23,36H,5-13,34H2,(H,41,42)(H2,35,37,40). The summed E-state index contributed by atoms with van der Waals surface area (Å²) in [5, 5.41) is 12.8. The lowest BCUT2D eigenvalue weighted by atomic mass is 10.0. The minimum atomic E-state index is -0.938. The molecule has 0 unspecified atom stereocenters. The average molecular weight is 593 g/mol. The van der Waals surface area contributed by atoms with E-state index in [0.717, 1.165) is 24.6 Å². The number of amides is 2. The summed E-state index contributed by atoms with van der Waals surface area (Å²) < 4.78 is 32.9. The Morgan fingerprint density at radius 3 is 2.30 bits per heavy atom. The highest BCUT2D eigenvalue weighted by molar-refractivity contribution is 6.12. The van der Waals surface area contributed by atoms with Crippen LogP contribution in [0.25, 0.3) is 0 Å². The first kappa shape index (κ1) is 29.8. The van der Waals surface area contributed by atoms with Crippen molar-refractivity contribution in [3.63, 3.8) is 0 Å². The third kappa shape index (κ3) is 7.39. The van der Waals surface area contributed by atoms with Gasteiger partial charge < -0.3 is 36.4 Å². The van der Waals surface area contributed by atoms with Gasteiger partial charge in [0, 0.05) is 74.1 Å². The maximum absolute atomic E-state index is 13.7. The Kier molecular flexibility index (Phi) is 9.05. The van der Waals surface area contributed by atoms with Crippen LogP contribution >= 0.6 is 0 Å². The molecule has 3 aromatic rings. The van der Waals surface area contributed by atoms with Crippen molar-refractivity contribution in [3.05, 3.63) is 88.5 Å². The molecule has 226 valence electrons. The van der Waals surface area contributed by atoms with E-state index in [4.69, 9.17) is 16.2 Å². The quantitative estimate of drug-likeness (QED) is 0.182. The van der Waals surface area contributed by atoms with Gasteiger partial charge in [-0.25, -0.2) is 13.6 Å². The average Bonchev–Trinajstić information content (AvgIpc) is 2.98. The molecule has 6 N–H and O–H groups in total. The van der Waals surface area contributed by atoms with Gasteiger partial charge in [-0.2, -0.15) is 4.99 Å². The number of carboxylic acid groups (broad SMARTS) is 1. The second kappa shape index (κ2) is 13.1. The zero-order valence-electron chi connectivity index (χ0n) is 23.6. The van der Waals surface area contributed by atoms with Gasteiger partial charge in [0.05, 0.1) is 5.56 Å². The molecule has 0 aliphatic carbocycles. The zero-order valence-corrected chi connectivity index (χ0v) is 23.6. The molecule has 0 saturated carbocycles. The van der Waals surface area contributed by atoms with E-state index in [1.165, 1.54) is 17.0 Å². The highest BCUT2D eigenvalue weighted by Crippen LogP contribution is 2.28. The number of piperazine rings is 1. The number of aliphatic imine (C=N–C) groups is 1. The summed E-state index contributed by atoms with van der Waals surface area (Å²) in [6, 6.07) is 13.8. The monoisotopic (exact) mass is 592 g/mol. The number of carbonyl (C=O) groups is 2. The van der Waals surface area contributed by atoms with Gasteiger partial charge in [0.2, 0.25) is 0 Å². The molecule has 2 saturated heterocycles. The van der Waals surface area contributed by atoms with Gasteiger partial charge in [0.1, 0.15) is 17.5 Å². The number of nitrogens with two attached hydrogens (primary N) is 2. The molecule has 0 radical (unpaired) electrons. The SMILES string of the molecule is NC(=NC(=O)c1ccc(N2CCN(C(=O)O)CC2)cc1NC1CCOCC1)c1cc(Cc2cc(F)cc(F)c2)ccc1N. The summed E-state index contributed by atoms with van der Waals surface area (Å²) >= 11 is 0. The molecule has 3 aromatic carbocycles. The van der Waals surface area contributed by atoms with E-state index in [1.54, 1.807) is 24.3 Å². The van der Waals surface area contributed by atoms with E-state index in [1.807, 2.05) is 12.1 Å². The van der Waals surface area contributed by atoms with Crippen LogP contribution in [0, 0.1) is 11.6 Å². The van der Waals surface area contributed by atoms with Crippen LogP contribution in [0.4, 0.5) is 30.6 Å². The third-order valence-corrected chi connectivity index (χ3v) is 7.68. The molecule has 2 aliphatic heterocycles. The molecular formula is C31H34F2N6O4. The smallest absolute Gasteiger partial charge is 0.407 e. The number of anilines is 3. The number of hydrogen-bond acceptors (Lipinski definition) is 6. The van der Waals surface area contributed by atoms with Crippen LogP contribution in [0.1, 0.15) is 39.9 Å². The van der Waals surface area contributed by atoms with Gasteiger partial charge in [0.15, 0.2) is 0 Å². The van der Waals surface area contributed by atoms with E-state index in [-0.39, 0.29) is 18.3 Å². The molecule has 43 heavy (non-hydrogen) atoms. The van der Waals surface area contributed by atoms with Gasteiger partial charge in [-0.05, 0) is 72.9 Å². The van der Waals surface area contributed by atoms with Crippen molar-refractivity contribution in [2.45, 2.75) is 25.3 Å². The van der Waals surface area contributed by atoms with E-state index in [0.29, 0.717) is 73.0 Å². The predicted octanol–water partition coefficient (Wildman–Crippen LogP) is 4.07. The maximum Gasteiger partial charge on any atom is 0.407 e. The molecular weight excluding hydrogens is 558 g/mol. The van der Waals surface area contributed by atoms with Crippen molar-refractivity contribution in [1.29, 1.82) is 0 Å². The van der Waals surface area contributed by atoms with Crippen molar-refractivity contribution in [3.8, 4) is 0 Å². The molecule has 12 heteroatoms. The molecule has 0 atom stereocenters. The summed E-state index contributed by atoms with van der Waals surface area (Å²) in [5.74, 6) is -1.99. The Labute approximate surface area is 247 Å². The van der Waals surface area contributed by atoms with Crippen LogP contribution in [-0.2, 0) is 11.2 Å². The Morgan fingerprint density at radius 1 is 0.930 bits per heavy atom. The van der Waals surface area contributed by atoms with Crippen LogP contribution in [0.5, 0.6) is 0 Å². The number of ether oxygens (including phenoxy) is 1. The second-order valence-electron chi connectivity index (χ2n) is 10.7. The lowest BCUT2D eigenvalue weighted by Crippen LogP contribution is -2.48. The minimum absolute atomic E-state index is 0.0827. The highest BCUT2D eigenvalue weighted by atomic mass is 19.1. The van der Waals surface area contributed by atoms with E-state index in [9.17, 15) is 23.5 Å². The maximum atomic E-state index is 13.7. The van der Waals surface area contributed by atoms with Crippen molar-refractivity contribution in [2.24, 2.45) is 10.7 Å².